The Bertz CT molecular complexity index is 433. The minimum atomic E-state index is 0.172. The van der Waals surface area contributed by atoms with Crippen LogP contribution in [0, 0.1) is 0 Å². The number of morpholine rings is 1. The van der Waals surface area contributed by atoms with E-state index in [1.165, 1.54) is 0 Å². The Morgan fingerprint density at radius 2 is 2.35 bits per heavy atom. The molecule has 5 nitrogen and oxygen atoms in total. The lowest BCUT2D eigenvalue weighted by Crippen LogP contribution is -2.44. The third kappa shape index (κ3) is 3.62. The normalized spacial score (nSPS) is 20.9. The fourth-order valence-electron chi connectivity index (χ4n) is 2.42. The van der Waals surface area contributed by atoms with Crippen LogP contribution in [0.2, 0.25) is 0 Å². The average Bonchev–Trinajstić information content (AvgIpc) is 2.48. The molecule has 20 heavy (non-hydrogen) atoms. The number of phenolic OH excluding ortho intramolecular Hbond substituents is 1. The van der Waals surface area contributed by atoms with E-state index in [0.29, 0.717) is 5.75 Å². The summed E-state index contributed by atoms with van der Waals surface area (Å²) < 4.78 is 10.9. The lowest BCUT2D eigenvalue weighted by Gasteiger charge is -2.31. The van der Waals surface area contributed by atoms with Crippen molar-refractivity contribution in [2.75, 3.05) is 40.4 Å². The third-order valence-electron chi connectivity index (χ3n) is 3.84. The van der Waals surface area contributed by atoms with Gasteiger partial charge in [0.2, 0.25) is 0 Å². The molecule has 2 rings (SSSR count). The molecule has 1 heterocycles. The highest BCUT2D eigenvalue weighted by molar-refractivity contribution is 5.42. The Morgan fingerprint density at radius 3 is 3.00 bits per heavy atom. The van der Waals surface area contributed by atoms with Gasteiger partial charge < -0.3 is 19.9 Å². The number of hydrogen-bond acceptors (Lipinski definition) is 5. The van der Waals surface area contributed by atoms with E-state index >= 15 is 0 Å². The predicted molar refractivity (Wildman–Crippen MR) is 78.3 cm³/mol. The molecule has 0 spiro atoms. The van der Waals surface area contributed by atoms with E-state index in [-0.39, 0.29) is 17.9 Å². The highest BCUT2D eigenvalue weighted by Gasteiger charge is 2.20. The van der Waals surface area contributed by atoms with Gasteiger partial charge in [-0.1, -0.05) is 6.07 Å². The predicted octanol–water partition coefficient (Wildman–Crippen LogP) is 1.38. The van der Waals surface area contributed by atoms with Gasteiger partial charge in [-0.05, 0) is 31.7 Å². The SMILES string of the molecule is COc1cc(C(C)N(C)CC2CNCCO2)ccc1O. The number of benzene rings is 1. The molecule has 2 unspecified atom stereocenters. The minimum absolute atomic E-state index is 0.172. The van der Waals surface area contributed by atoms with Crippen molar-refractivity contribution in [2.45, 2.75) is 19.1 Å². The third-order valence-corrected chi connectivity index (χ3v) is 3.84. The Kier molecular flexibility index (Phi) is 5.23. The molecular weight excluding hydrogens is 256 g/mol. The van der Waals surface area contributed by atoms with E-state index in [2.05, 4.69) is 24.2 Å². The zero-order valence-electron chi connectivity index (χ0n) is 12.4. The summed E-state index contributed by atoms with van der Waals surface area (Å²) in [5.41, 5.74) is 1.12. The molecule has 0 aromatic heterocycles. The molecule has 112 valence electrons. The minimum Gasteiger partial charge on any atom is -0.504 e. The molecule has 0 aliphatic carbocycles. The van der Waals surface area contributed by atoms with Gasteiger partial charge in [0.1, 0.15) is 0 Å². The first kappa shape index (κ1) is 15.1. The number of nitrogens with one attached hydrogen (secondary N) is 1. The van der Waals surface area contributed by atoms with Gasteiger partial charge in [-0.3, -0.25) is 4.90 Å². The van der Waals surface area contributed by atoms with Crippen LogP contribution in [0.1, 0.15) is 18.5 Å². The summed E-state index contributed by atoms with van der Waals surface area (Å²) in [5, 5.41) is 13.0. The van der Waals surface area contributed by atoms with Crippen LogP contribution in [0.15, 0.2) is 18.2 Å². The molecule has 0 saturated carbocycles. The van der Waals surface area contributed by atoms with Gasteiger partial charge in [0.15, 0.2) is 11.5 Å². The van der Waals surface area contributed by atoms with Gasteiger partial charge in [-0.15, -0.1) is 0 Å². The summed E-state index contributed by atoms with van der Waals surface area (Å²) in [4.78, 5) is 2.25. The second-order valence-electron chi connectivity index (χ2n) is 5.24. The molecule has 2 atom stereocenters. The fraction of sp³-hybridized carbons (Fsp3) is 0.600. The van der Waals surface area contributed by atoms with E-state index in [9.17, 15) is 5.11 Å². The monoisotopic (exact) mass is 280 g/mol. The van der Waals surface area contributed by atoms with Crippen molar-refractivity contribution >= 4 is 0 Å². The van der Waals surface area contributed by atoms with Crippen LogP contribution in [0.25, 0.3) is 0 Å². The number of rotatable bonds is 5. The van der Waals surface area contributed by atoms with Gasteiger partial charge in [0.25, 0.3) is 0 Å². The molecule has 1 aromatic carbocycles. The van der Waals surface area contributed by atoms with Gasteiger partial charge in [0, 0.05) is 25.7 Å². The smallest absolute Gasteiger partial charge is 0.160 e. The van der Waals surface area contributed by atoms with Crippen LogP contribution >= 0.6 is 0 Å². The first-order valence-corrected chi connectivity index (χ1v) is 7.01. The van der Waals surface area contributed by atoms with E-state index in [0.717, 1.165) is 31.8 Å². The maximum absolute atomic E-state index is 9.65. The van der Waals surface area contributed by atoms with Crippen LogP contribution in [-0.4, -0.2) is 56.5 Å². The number of likely N-dealkylation sites (N-methyl/N-ethyl adjacent to an activating group) is 1. The molecule has 5 heteroatoms. The molecule has 1 aliphatic rings. The number of methoxy groups -OCH3 is 1. The first-order valence-electron chi connectivity index (χ1n) is 7.01. The zero-order valence-corrected chi connectivity index (χ0v) is 12.4. The van der Waals surface area contributed by atoms with Crippen molar-refractivity contribution in [3.63, 3.8) is 0 Å². The summed E-state index contributed by atoms with van der Waals surface area (Å²) in [6, 6.07) is 5.72. The largest absolute Gasteiger partial charge is 0.504 e. The van der Waals surface area contributed by atoms with Crippen molar-refractivity contribution < 1.29 is 14.6 Å². The Morgan fingerprint density at radius 1 is 1.55 bits per heavy atom. The highest BCUT2D eigenvalue weighted by Crippen LogP contribution is 2.30. The second kappa shape index (κ2) is 6.92. The molecule has 1 aliphatic heterocycles. The Labute approximate surface area is 120 Å². The summed E-state index contributed by atoms with van der Waals surface area (Å²) >= 11 is 0. The summed E-state index contributed by atoms with van der Waals surface area (Å²) in [5.74, 6) is 0.684. The van der Waals surface area contributed by atoms with Crippen molar-refractivity contribution in [3.8, 4) is 11.5 Å². The van der Waals surface area contributed by atoms with E-state index in [1.54, 1.807) is 13.2 Å². The molecule has 2 N–H and O–H groups in total. The van der Waals surface area contributed by atoms with Crippen LogP contribution in [0.5, 0.6) is 11.5 Å². The van der Waals surface area contributed by atoms with Gasteiger partial charge >= 0.3 is 0 Å². The number of ether oxygens (including phenoxy) is 2. The Hall–Kier alpha value is -1.30. The maximum atomic E-state index is 9.65. The number of hydrogen-bond donors (Lipinski definition) is 2. The van der Waals surface area contributed by atoms with Crippen molar-refractivity contribution in [1.29, 1.82) is 0 Å². The average molecular weight is 280 g/mol. The quantitative estimate of drug-likeness (QED) is 0.853. The van der Waals surface area contributed by atoms with Crippen molar-refractivity contribution in [1.82, 2.24) is 10.2 Å². The van der Waals surface area contributed by atoms with E-state index in [4.69, 9.17) is 9.47 Å². The number of aromatic hydroxyl groups is 1. The van der Waals surface area contributed by atoms with Gasteiger partial charge in [0.05, 0.1) is 19.8 Å². The number of nitrogens with zero attached hydrogens (tertiary/aromatic N) is 1. The van der Waals surface area contributed by atoms with Crippen molar-refractivity contribution in [2.24, 2.45) is 0 Å². The molecule has 1 aromatic rings. The molecule has 0 radical (unpaired) electrons. The van der Waals surface area contributed by atoms with Crippen LogP contribution in [0.4, 0.5) is 0 Å². The maximum Gasteiger partial charge on any atom is 0.160 e. The second-order valence-corrected chi connectivity index (χ2v) is 5.24. The van der Waals surface area contributed by atoms with Crippen LogP contribution < -0.4 is 10.1 Å². The molecular formula is C15H24N2O3. The first-order chi connectivity index (χ1) is 9.61. The molecule has 1 fully saturated rings. The van der Waals surface area contributed by atoms with Crippen molar-refractivity contribution in [3.05, 3.63) is 23.8 Å². The van der Waals surface area contributed by atoms with E-state index in [1.807, 2.05) is 12.1 Å². The topological polar surface area (TPSA) is 54.0 Å². The zero-order chi connectivity index (χ0) is 14.5. The molecule has 1 saturated heterocycles. The van der Waals surface area contributed by atoms with Gasteiger partial charge in [-0.2, -0.15) is 0 Å². The summed E-state index contributed by atoms with van der Waals surface area (Å²) in [7, 11) is 3.65. The lowest BCUT2D eigenvalue weighted by molar-refractivity contribution is 0.00392. The van der Waals surface area contributed by atoms with Crippen LogP contribution in [-0.2, 0) is 4.74 Å². The molecule has 0 bridgehead atoms. The lowest BCUT2D eigenvalue weighted by atomic mass is 10.1. The summed E-state index contributed by atoms with van der Waals surface area (Å²) in [6.45, 7) is 5.63. The van der Waals surface area contributed by atoms with Gasteiger partial charge in [-0.25, -0.2) is 0 Å². The summed E-state index contributed by atoms with van der Waals surface area (Å²) in [6.07, 6.45) is 0.232. The Balaban J connectivity index is 2.00. The fourth-order valence-corrected chi connectivity index (χ4v) is 2.42. The highest BCUT2D eigenvalue weighted by atomic mass is 16.5. The molecule has 0 amide bonds. The number of phenols is 1. The van der Waals surface area contributed by atoms with Crippen LogP contribution in [0.3, 0.4) is 0 Å². The van der Waals surface area contributed by atoms with E-state index < -0.39 is 0 Å². The standard InChI is InChI=1S/C15H24N2O3/c1-11(12-4-5-14(18)15(8-12)19-3)17(2)10-13-9-16-6-7-20-13/h4-5,8,11,13,16,18H,6-7,9-10H2,1-3H3.